The lowest BCUT2D eigenvalue weighted by atomic mass is 10.2. The number of ether oxygens (including phenoxy) is 1. The van der Waals surface area contributed by atoms with Gasteiger partial charge in [0.05, 0.1) is 6.61 Å². The third kappa shape index (κ3) is 3.20. The highest BCUT2D eigenvalue weighted by Gasteiger charge is 2.04. The number of methoxy groups -OCH3 is 1. The van der Waals surface area contributed by atoms with Gasteiger partial charge in [-0.25, -0.2) is 0 Å². The molecule has 0 aliphatic carbocycles. The van der Waals surface area contributed by atoms with E-state index in [1.54, 1.807) is 7.11 Å². The maximum Gasteiger partial charge on any atom is 0.0587 e. The van der Waals surface area contributed by atoms with Gasteiger partial charge >= 0.3 is 0 Å². The monoisotopic (exact) mass is 182 g/mol. The first kappa shape index (κ1) is 10.3. The molecule has 13 heavy (non-hydrogen) atoms. The van der Waals surface area contributed by atoms with Crippen LogP contribution >= 0.6 is 0 Å². The van der Waals surface area contributed by atoms with E-state index in [2.05, 4.69) is 35.3 Å². The van der Waals surface area contributed by atoms with E-state index >= 15 is 0 Å². The van der Waals surface area contributed by atoms with Crippen molar-refractivity contribution in [2.75, 3.05) is 20.3 Å². The molecule has 0 fully saturated rings. The van der Waals surface area contributed by atoms with Gasteiger partial charge in [-0.1, -0.05) is 0 Å². The van der Waals surface area contributed by atoms with Crippen LogP contribution in [-0.2, 0) is 11.8 Å². The maximum atomic E-state index is 4.97. The van der Waals surface area contributed by atoms with Crippen LogP contribution in [0.15, 0.2) is 18.5 Å². The molecule has 0 aliphatic heterocycles. The highest BCUT2D eigenvalue weighted by Crippen LogP contribution is 2.10. The molecule has 0 aromatic carbocycles. The van der Waals surface area contributed by atoms with Crippen molar-refractivity contribution in [1.29, 1.82) is 0 Å². The zero-order valence-electron chi connectivity index (χ0n) is 8.58. The minimum Gasteiger partial charge on any atom is -0.383 e. The summed E-state index contributed by atoms with van der Waals surface area (Å²) in [4.78, 5) is 0. The Bertz CT molecular complexity index is 245. The largest absolute Gasteiger partial charge is 0.383 e. The summed E-state index contributed by atoms with van der Waals surface area (Å²) in [6.45, 7) is 3.81. The zero-order chi connectivity index (χ0) is 9.68. The Hall–Kier alpha value is -0.800. The Morgan fingerprint density at radius 2 is 2.38 bits per heavy atom. The van der Waals surface area contributed by atoms with Crippen molar-refractivity contribution in [2.24, 2.45) is 7.05 Å². The van der Waals surface area contributed by atoms with E-state index in [1.165, 1.54) is 5.56 Å². The van der Waals surface area contributed by atoms with Crippen LogP contribution in [0.25, 0.3) is 0 Å². The van der Waals surface area contributed by atoms with Crippen LogP contribution in [0.2, 0.25) is 0 Å². The fraction of sp³-hybridized carbons (Fsp3) is 0.600. The van der Waals surface area contributed by atoms with Gasteiger partial charge in [0.1, 0.15) is 0 Å². The Morgan fingerprint density at radius 3 is 2.92 bits per heavy atom. The third-order valence-electron chi connectivity index (χ3n) is 2.11. The lowest BCUT2D eigenvalue weighted by Crippen LogP contribution is -2.22. The normalized spacial score (nSPS) is 13.2. The summed E-state index contributed by atoms with van der Waals surface area (Å²) in [7, 11) is 3.75. The van der Waals surface area contributed by atoms with E-state index in [-0.39, 0.29) is 0 Å². The standard InChI is InChI=1S/C10H18N2O/c1-9(11-5-7-13-3)10-4-6-12(2)8-10/h4,6,8-9,11H,5,7H2,1-3H3/t9-/m1/s1. The number of nitrogens with one attached hydrogen (secondary N) is 1. The molecule has 0 unspecified atom stereocenters. The number of nitrogens with zero attached hydrogens (tertiary/aromatic N) is 1. The molecule has 1 aromatic heterocycles. The van der Waals surface area contributed by atoms with Gasteiger partial charge in [-0.2, -0.15) is 0 Å². The van der Waals surface area contributed by atoms with Crippen LogP contribution in [0, 0.1) is 0 Å². The van der Waals surface area contributed by atoms with Crippen LogP contribution < -0.4 is 5.32 Å². The minimum atomic E-state index is 0.399. The Kier molecular flexibility index (Phi) is 3.99. The van der Waals surface area contributed by atoms with Crippen LogP contribution in [0.3, 0.4) is 0 Å². The summed E-state index contributed by atoms with van der Waals surface area (Å²) < 4.78 is 7.02. The predicted molar refractivity (Wildman–Crippen MR) is 53.7 cm³/mol. The Balaban J connectivity index is 2.35. The van der Waals surface area contributed by atoms with Gasteiger partial charge in [0.2, 0.25) is 0 Å². The molecule has 1 aromatic rings. The first-order valence-corrected chi connectivity index (χ1v) is 4.58. The van der Waals surface area contributed by atoms with Crippen molar-refractivity contribution in [3.63, 3.8) is 0 Å². The van der Waals surface area contributed by atoms with Crippen LogP contribution in [0.4, 0.5) is 0 Å². The second-order valence-corrected chi connectivity index (χ2v) is 3.28. The van der Waals surface area contributed by atoms with Gasteiger partial charge in [0.25, 0.3) is 0 Å². The van der Waals surface area contributed by atoms with Crippen molar-refractivity contribution >= 4 is 0 Å². The SMILES string of the molecule is COCCN[C@H](C)c1ccn(C)c1. The molecule has 0 bridgehead atoms. The van der Waals surface area contributed by atoms with Gasteiger partial charge in [-0.3, -0.25) is 0 Å². The van der Waals surface area contributed by atoms with Gasteiger partial charge in [-0.15, -0.1) is 0 Å². The number of hydrogen-bond donors (Lipinski definition) is 1. The lowest BCUT2D eigenvalue weighted by Gasteiger charge is -2.11. The quantitative estimate of drug-likeness (QED) is 0.695. The van der Waals surface area contributed by atoms with Crippen molar-refractivity contribution in [2.45, 2.75) is 13.0 Å². The molecule has 1 heterocycles. The first-order chi connectivity index (χ1) is 6.24. The molecule has 0 spiro atoms. The fourth-order valence-electron chi connectivity index (χ4n) is 1.28. The average molecular weight is 182 g/mol. The van der Waals surface area contributed by atoms with E-state index in [1.807, 2.05) is 7.05 Å². The van der Waals surface area contributed by atoms with Crippen LogP contribution in [0.1, 0.15) is 18.5 Å². The molecule has 0 saturated heterocycles. The number of aryl methyl sites for hydroxylation is 1. The molecule has 1 rings (SSSR count). The zero-order valence-corrected chi connectivity index (χ0v) is 8.58. The summed E-state index contributed by atoms with van der Waals surface area (Å²) in [5.74, 6) is 0. The van der Waals surface area contributed by atoms with Crippen molar-refractivity contribution in [3.05, 3.63) is 24.0 Å². The lowest BCUT2D eigenvalue weighted by molar-refractivity contribution is 0.196. The predicted octanol–water partition coefficient (Wildman–Crippen LogP) is 1.32. The molecule has 3 heteroatoms. The highest BCUT2D eigenvalue weighted by atomic mass is 16.5. The first-order valence-electron chi connectivity index (χ1n) is 4.58. The minimum absolute atomic E-state index is 0.399. The topological polar surface area (TPSA) is 26.2 Å². The summed E-state index contributed by atoms with van der Waals surface area (Å²) in [6, 6.07) is 2.53. The van der Waals surface area contributed by atoms with Crippen LogP contribution in [-0.4, -0.2) is 24.8 Å². The van der Waals surface area contributed by atoms with E-state index in [0.29, 0.717) is 6.04 Å². The van der Waals surface area contributed by atoms with E-state index in [0.717, 1.165) is 13.2 Å². The number of aromatic nitrogens is 1. The molecule has 1 N–H and O–H groups in total. The molecule has 0 amide bonds. The molecular formula is C10H18N2O. The fourth-order valence-corrected chi connectivity index (χ4v) is 1.28. The number of rotatable bonds is 5. The van der Waals surface area contributed by atoms with Gasteiger partial charge in [0, 0.05) is 39.1 Å². The molecule has 74 valence electrons. The maximum absolute atomic E-state index is 4.97. The third-order valence-corrected chi connectivity index (χ3v) is 2.11. The van der Waals surface area contributed by atoms with Gasteiger partial charge in [0.15, 0.2) is 0 Å². The Morgan fingerprint density at radius 1 is 1.62 bits per heavy atom. The van der Waals surface area contributed by atoms with E-state index in [4.69, 9.17) is 4.74 Å². The summed E-state index contributed by atoms with van der Waals surface area (Å²) >= 11 is 0. The molecule has 0 aliphatic rings. The van der Waals surface area contributed by atoms with Gasteiger partial charge < -0.3 is 14.6 Å². The second-order valence-electron chi connectivity index (χ2n) is 3.28. The van der Waals surface area contributed by atoms with E-state index < -0.39 is 0 Å². The van der Waals surface area contributed by atoms with Gasteiger partial charge in [-0.05, 0) is 18.6 Å². The van der Waals surface area contributed by atoms with E-state index in [9.17, 15) is 0 Å². The molecule has 3 nitrogen and oxygen atoms in total. The van der Waals surface area contributed by atoms with Crippen molar-refractivity contribution < 1.29 is 4.74 Å². The molecule has 0 radical (unpaired) electrons. The summed E-state index contributed by atoms with van der Waals surface area (Å²) in [6.07, 6.45) is 4.19. The number of hydrogen-bond acceptors (Lipinski definition) is 2. The average Bonchev–Trinajstić information content (AvgIpc) is 2.52. The molecule has 1 atom stereocenters. The Labute approximate surface area is 79.7 Å². The smallest absolute Gasteiger partial charge is 0.0587 e. The van der Waals surface area contributed by atoms with Crippen molar-refractivity contribution in [3.8, 4) is 0 Å². The molecular weight excluding hydrogens is 164 g/mol. The van der Waals surface area contributed by atoms with Crippen LogP contribution in [0.5, 0.6) is 0 Å². The van der Waals surface area contributed by atoms with Crippen molar-refractivity contribution in [1.82, 2.24) is 9.88 Å². The molecule has 0 saturated carbocycles. The highest BCUT2D eigenvalue weighted by molar-refractivity contribution is 5.14. The summed E-state index contributed by atoms with van der Waals surface area (Å²) in [5.41, 5.74) is 1.32. The second kappa shape index (κ2) is 5.04. The summed E-state index contributed by atoms with van der Waals surface area (Å²) in [5, 5.41) is 3.37.